The van der Waals surface area contributed by atoms with E-state index < -0.39 is 0 Å². The van der Waals surface area contributed by atoms with Gasteiger partial charge in [0, 0.05) is 0 Å². The molecule has 1 nitrogen and oxygen atoms in total. The quantitative estimate of drug-likeness (QED) is 0.392. The van der Waals surface area contributed by atoms with E-state index in [1.165, 1.54) is 0 Å². The molecule has 0 aliphatic rings. The van der Waals surface area contributed by atoms with E-state index in [9.17, 15) is 0 Å². The summed E-state index contributed by atoms with van der Waals surface area (Å²) in [7, 11) is 1.66. The van der Waals surface area contributed by atoms with E-state index in [0.717, 1.165) is 5.76 Å². The highest BCUT2D eigenvalue weighted by atomic mass is 16.5. The average molecular weight is 112 g/mol. The van der Waals surface area contributed by atoms with Gasteiger partial charge in [0.05, 0.1) is 12.9 Å². The molecular formula is C7H12O. The van der Waals surface area contributed by atoms with Crippen LogP contribution in [0.1, 0.15) is 13.8 Å². The van der Waals surface area contributed by atoms with Crippen LogP contribution in [0.5, 0.6) is 0 Å². The summed E-state index contributed by atoms with van der Waals surface area (Å²) in [5.74, 6) is 0.933. The molecule has 0 heterocycles. The number of ether oxygens (including phenoxy) is 1. The van der Waals surface area contributed by atoms with Crippen molar-refractivity contribution in [3.8, 4) is 0 Å². The van der Waals surface area contributed by atoms with Gasteiger partial charge in [-0.05, 0) is 19.9 Å². The van der Waals surface area contributed by atoms with Gasteiger partial charge in [-0.2, -0.15) is 0 Å². The lowest BCUT2D eigenvalue weighted by Crippen LogP contribution is -1.74. The molecule has 0 radical (unpaired) electrons. The Kier molecular flexibility index (Phi) is 4.04. The van der Waals surface area contributed by atoms with Gasteiger partial charge in [0.2, 0.25) is 0 Å². The monoisotopic (exact) mass is 112 g/mol. The lowest BCUT2D eigenvalue weighted by atomic mass is 10.4. The highest BCUT2D eigenvalue weighted by Gasteiger charge is 1.75. The second-order valence-electron chi connectivity index (χ2n) is 1.51. The molecule has 0 spiro atoms. The molecule has 0 saturated carbocycles. The SMILES string of the molecule is CC=CC=C(C)OC. The van der Waals surface area contributed by atoms with Gasteiger partial charge in [0.15, 0.2) is 0 Å². The van der Waals surface area contributed by atoms with Crippen molar-refractivity contribution >= 4 is 0 Å². The zero-order chi connectivity index (χ0) is 6.41. The number of rotatable bonds is 2. The van der Waals surface area contributed by atoms with Crippen LogP contribution in [0.15, 0.2) is 24.0 Å². The summed E-state index contributed by atoms with van der Waals surface area (Å²) < 4.78 is 4.86. The summed E-state index contributed by atoms with van der Waals surface area (Å²) >= 11 is 0. The first kappa shape index (κ1) is 7.28. The minimum atomic E-state index is 0.933. The summed E-state index contributed by atoms with van der Waals surface area (Å²) in [6, 6.07) is 0. The molecule has 46 valence electrons. The van der Waals surface area contributed by atoms with Gasteiger partial charge in [-0.25, -0.2) is 0 Å². The number of hydrogen-bond donors (Lipinski definition) is 0. The predicted octanol–water partition coefficient (Wildman–Crippen LogP) is 2.11. The van der Waals surface area contributed by atoms with Crippen LogP contribution in [0.25, 0.3) is 0 Å². The minimum Gasteiger partial charge on any atom is -0.501 e. The summed E-state index contributed by atoms with van der Waals surface area (Å²) in [4.78, 5) is 0. The van der Waals surface area contributed by atoms with Crippen LogP contribution in [0, 0.1) is 0 Å². The molecule has 0 aromatic carbocycles. The molecule has 0 fully saturated rings. The zero-order valence-electron chi connectivity index (χ0n) is 5.64. The summed E-state index contributed by atoms with van der Waals surface area (Å²) in [5.41, 5.74) is 0. The van der Waals surface area contributed by atoms with E-state index in [2.05, 4.69) is 0 Å². The van der Waals surface area contributed by atoms with Gasteiger partial charge < -0.3 is 4.74 Å². The normalized spacial score (nSPS) is 12.6. The van der Waals surface area contributed by atoms with E-state index in [1.54, 1.807) is 7.11 Å². The summed E-state index contributed by atoms with van der Waals surface area (Å²) in [5, 5.41) is 0. The van der Waals surface area contributed by atoms with E-state index in [1.807, 2.05) is 32.1 Å². The largest absolute Gasteiger partial charge is 0.501 e. The van der Waals surface area contributed by atoms with Crippen molar-refractivity contribution in [2.75, 3.05) is 7.11 Å². The fourth-order valence-corrected chi connectivity index (χ4v) is 0.300. The maximum atomic E-state index is 4.86. The van der Waals surface area contributed by atoms with Crippen LogP contribution < -0.4 is 0 Å². The standard InChI is InChI=1S/C7H12O/c1-4-5-6-7(2)8-3/h4-6H,1-3H3. The third-order valence-electron chi connectivity index (χ3n) is 0.845. The second-order valence-corrected chi connectivity index (χ2v) is 1.51. The Hall–Kier alpha value is -0.720. The molecule has 0 atom stereocenters. The molecule has 0 bridgehead atoms. The Bertz CT molecular complexity index is 101. The Labute approximate surface area is 50.7 Å². The van der Waals surface area contributed by atoms with Crippen LogP contribution in [-0.2, 0) is 4.74 Å². The second kappa shape index (κ2) is 4.44. The van der Waals surface area contributed by atoms with Crippen molar-refractivity contribution in [1.82, 2.24) is 0 Å². The molecular weight excluding hydrogens is 100 g/mol. The lowest BCUT2D eigenvalue weighted by molar-refractivity contribution is 0.294. The summed E-state index contributed by atoms with van der Waals surface area (Å²) in [6.45, 7) is 3.89. The Morgan fingerprint density at radius 3 is 2.50 bits per heavy atom. The van der Waals surface area contributed by atoms with Crippen molar-refractivity contribution in [3.63, 3.8) is 0 Å². The zero-order valence-corrected chi connectivity index (χ0v) is 5.64. The van der Waals surface area contributed by atoms with Crippen molar-refractivity contribution in [2.24, 2.45) is 0 Å². The van der Waals surface area contributed by atoms with E-state index >= 15 is 0 Å². The van der Waals surface area contributed by atoms with Crippen molar-refractivity contribution < 1.29 is 4.74 Å². The van der Waals surface area contributed by atoms with Crippen LogP contribution >= 0.6 is 0 Å². The van der Waals surface area contributed by atoms with E-state index in [0.29, 0.717) is 0 Å². The molecule has 0 aromatic heterocycles. The lowest BCUT2D eigenvalue weighted by Gasteiger charge is -1.92. The third kappa shape index (κ3) is 3.47. The van der Waals surface area contributed by atoms with E-state index in [4.69, 9.17) is 4.74 Å². The van der Waals surface area contributed by atoms with Gasteiger partial charge in [-0.15, -0.1) is 0 Å². The highest BCUT2D eigenvalue weighted by Crippen LogP contribution is 1.90. The topological polar surface area (TPSA) is 9.23 Å². The Balaban J connectivity index is 3.57. The third-order valence-corrected chi connectivity index (χ3v) is 0.845. The van der Waals surface area contributed by atoms with Gasteiger partial charge in [-0.1, -0.05) is 12.2 Å². The molecule has 0 amide bonds. The molecule has 0 aliphatic carbocycles. The van der Waals surface area contributed by atoms with Gasteiger partial charge in [0.25, 0.3) is 0 Å². The molecule has 0 N–H and O–H groups in total. The van der Waals surface area contributed by atoms with Gasteiger partial charge in [0.1, 0.15) is 0 Å². The van der Waals surface area contributed by atoms with Crippen molar-refractivity contribution in [2.45, 2.75) is 13.8 Å². The molecule has 0 unspecified atom stereocenters. The highest BCUT2D eigenvalue weighted by molar-refractivity contribution is 5.04. The van der Waals surface area contributed by atoms with Crippen LogP contribution in [0.4, 0.5) is 0 Å². The predicted molar refractivity (Wildman–Crippen MR) is 35.6 cm³/mol. The fourth-order valence-electron chi connectivity index (χ4n) is 0.300. The van der Waals surface area contributed by atoms with Crippen molar-refractivity contribution in [1.29, 1.82) is 0 Å². The first-order valence-electron chi connectivity index (χ1n) is 2.65. The van der Waals surface area contributed by atoms with Gasteiger partial charge >= 0.3 is 0 Å². The molecule has 0 rings (SSSR count). The maximum Gasteiger partial charge on any atom is 0.0924 e. The molecule has 0 aliphatic heterocycles. The number of hydrogen-bond acceptors (Lipinski definition) is 1. The molecule has 0 saturated heterocycles. The molecule has 8 heavy (non-hydrogen) atoms. The van der Waals surface area contributed by atoms with Crippen LogP contribution in [0.3, 0.4) is 0 Å². The molecule has 0 aromatic rings. The average Bonchev–Trinajstić information content (AvgIpc) is 1.83. The molecule has 1 heteroatoms. The van der Waals surface area contributed by atoms with Crippen molar-refractivity contribution in [3.05, 3.63) is 24.0 Å². The number of allylic oxidation sites excluding steroid dienone is 4. The summed E-state index contributed by atoms with van der Waals surface area (Å²) in [6.07, 6.45) is 5.82. The fraction of sp³-hybridized carbons (Fsp3) is 0.429. The number of methoxy groups -OCH3 is 1. The minimum absolute atomic E-state index is 0.933. The maximum absolute atomic E-state index is 4.86. The first-order chi connectivity index (χ1) is 3.81. The first-order valence-corrected chi connectivity index (χ1v) is 2.65. The van der Waals surface area contributed by atoms with Crippen LogP contribution in [0.2, 0.25) is 0 Å². The van der Waals surface area contributed by atoms with Crippen LogP contribution in [-0.4, -0.2) is 7.11 Å². The Morgan fingerprint density at radius 2 is 2.12 bits per heavy atom. The Morgan fingerprint density at radius 1 is 1.50 bits per heavy atom. The van der Waals surface area contributed by atoms with E-state index in [-0.39, 0.29) is 0 Å². The van der Waals surface area contributed by atoms with Gasteiger partial charge in [-0.3, -0.25) is 0 Å². The smallest absolute Gasteiger partial charge is 0.0924 e.